The zero-order valence-electron chi connectivity index (χ0n) is 13.0. The van der Waals surface area contributed by atoms with Gasteiger partial charge in [-0.25, -0.2) is 8.42 Å². The average Bonchev–Trinajstić information content (AvgIpc) is 2.47. The first-order valence-electron chi connectivity index (χ1n) is 7.65. The fourth-order valence-corrected chi connectivity index (χ4v) is 4.28. The Labute approximate surface area is 128 Å². The first-order valence-corrected chi connectivity index (χ1v) is 9.30. The molecule has 1 aromatic rings. The van der Waals surface area contributed by atoms with Crippen LogP contribution in [0.5, 0.6) is 0 Å². The van der Waals surface area contributed by atoms with Gasteiger partial charge in [-0.2, -0.15) is 0 Å². The number of aliphatic hydroxyl groups is 1. The summed E-state index contributed by atoms with van der Waals surface area (Å²) in [5.41, 5.74) is 6.05. The van der Waals surface area contributed by atoms with E-state index in [1.165, 1.54) is 0 Å². The third-order valence-electron chi connectivity index (χ3n) is 3.77. The molecular formula is C16H27NO3S. The van der Waals surface area contributed by atoms with Crippen molar-refractivity contribution in [3.8, 4) is 0 Å². The third kappa shape index (κ3) is 5.41. The Morgan fingerprint density at radius 2 is 1.95 bits per heavy atom. The molecule has 0 saturated carbocycles. The number of aliphatic hydroxyl groups excluding tert-OH is 1. The molecule has 0 fully saturated rings. The predicted octanol–water partition coefficient (Wildman–Crippen LogP) is 2.67. The van der Waals surface area contributed by atoms with Crippen LogP contribution in [0.3, 0.4) is 0 Å². The molecule has 21 heavy (non-hydrogen) atoms. The highest BCUT2D eigenvalue weighted by molar-refractivity contribution is 7.91. The van der Waals surface area contributed by atoms with Crippen molar-refractivity contribution in [2.75, 3.05) is 12.3 Å². The molecule has 0 amide bonds. The molecule has 0 aliphatic rings. The van der Waals surface area contributed by atoms with Gasteiger partial charge in [0.1, 0.15) is 0 Å². The molecule has 120 valence electrons. The molecule has 1 aromatic carbocycles. The SMILES string of the molecule is CCC[C@@H](CC)CS(=O)(=O)c1cccc([C@H](O)CCN)c1. The maximum atomic E-state index is 12.5. The Bertz CT molecular complexity index is 528. The Morgan fingerprint density at radius 1 is 1.24 bits per heavy atom. The standard InChI is InChI=1S/C16H27NO3S/c1-3-6-13(4-2)12-21(19,20)15-8-5-7-14(11-15)16(18)9-10-17/h5,7-8,11,13,16,18H,3-4,6,9-10,12,17H2,1-2H3/t13-,16-/m1/s1. The molecule has 5 heteroatoms. The van der Waals surface area contributed by atoms with Crippen molar-refractivity contribution in [3.05, 3.63) is 29.8 Å². The van der Waals surface area contributed by atoms with Crippen LogP contribution in [-0.4, -0.2) is 25.8 Å². The van der Waals surface area contributed by atoms with Gasteiger partial charge in [0.05, 0.1) is 16.8 Å². The minimum atomic E-state index is -3.31. The van der Waals surface area contributed by atoms with E-state index in [-0.39, 0.29) is 11.7 Å². The molecule has 0 bridgehead atoms. The number of hydrogen-bond acceptors (Lipinski definition) is 4. The second-order valence-electron chi connectivity index (χ2n) is 5.51. The molecule has 4 nitrogen and oxygen atoms in total. The zero-order chi connectivity index (χ0) is 15.9. The van der Waals surface area contributed by atoms with Crippen molar-refractivity contribution < 1.29 is 13.5 Å². The van der Waals surface area contributed by atoms with Crippen molar-refractivity contribution in [2.45, 2.75) is 50.5 Å². The zero-order valence-corrected chi connectivity index (χ0v) is 13.8. The lowest BCUT2D eigenvalue weighted by molar-refractivity contribution is 0.170. The summed E-state index contributed by atoms with van der Waals surface area (Å²) in [6.45, 7) is 4.46. The molecule has 2 atom stereocenters. The van der Waals surface area contributed by atoms with Crippen LogP contribution in [0, 0.1) is 5.92 Å². The second kappa shape index (κ2) is 8.51. The summed E-state index contributed by atoms with van der Waals surface area (Å²) in [5, 5.41) is 9.95. The Morgan fingerprint density at radius 3 is 2.52 bits per heavy atom. The van der Waals surface area contributed by atoms with Crippen molar-refractivity contribution in [1.29, 1.82) is 0 Å². The molecule has 0 unspecified atom stereocenters. The maximum absolute atomic E-state index is 12.5. The van der Waals surface area contributed by atoms with E-state index in [2.05, 4.69) is 6.92 Å². The largest absolute Gasteiger partial charge is 0.388 e. The van der Waals surface area contributed by atoms with E-state index >= 15 is 0 Å². The molecule has 0 spiro atoms. The van der Waals surface area contributed by atoms with Gasteiger partial charge in [0.2, 0.25) is 0 Å². The average molecular weight is 313 g/mol. The van der Waals surface area contributed by atoms with E-state index in [1.807, 2.05) is 6.92 Å². The summed E-state index contributed by atoms with van der Waals surface area (Å²) in [6, 6.07) is 6.60. The van der Waals surface area contributed by atoms with Gasteiger partial charge in [-0.05, 0) is 43.0 Å². The Kier molecular flexibility index (Phi) is 7.35. The summed E-state index contributed by atoms with van der Waals surface area (Å²) in [4.78, 5) is 0.297. The quantitative estimate of drug-likeness (QED) is 0.734. The van der Waals surface area contributed by atoms with E-state index in [1.54, 1.807) is 24.3 Å². The van der Waals surface area contributed by atoms with Gasteiger partial charge in [-0.3, -0.25) is 0 Å². The molecule has 0 aliphatic carbocycles. The van der Waals surface area contributed by atoms with Crippen molar-refractivity contribution >= 4 is 9.84 Å². The smallest absolute Gasteiger partial charge is 0.178 e. The van der Waals surface area contributed by atoms with Gasteiger partial charge in [-0.1, -0.05) is 38.8 Å². The minimum Gasteiger partial charge on any atom is -0.388 e. The van der Waals surface area contributed by atoms with Crippen LogP contribution in [0.15, 0.2) is 29.2 Å². The van der Waals surface area contributed by atoms with Gasteiger partial charge >= 0.3 is 0 Å². The van der Waals surface area contributed by atoms with Crippen LogP contribution in [0.1, 0.15) is 51.2 Å². The summed E-state index contributed by atoms with van der Waals surface area (Å²) >= 11 is 0. The van der Waals surface area contributed by atoms with E-state index in [9.17, 15) is 13.5 Å². The third-order valence-corrected chi connectivity index (χ3v) is 5.65. The van der Waals surface area contributed by atoms with Gasteiger partial charge in [-0.15, -0.1) is 0 Å². The van der Waals surface area contributed by atoms with Crippen molar-refractivity contribution in [2.24, 2.45) is 11.7 Å². The van der Waals surface area contributed by atoms with E-state index in [0.29, 0.717) is 23.4 Å². The molecule has 0 radical (unpaired) electrons. The van der Waals surface area contributed by atoms with Gasteiger partial charge < -0.3 is 10.8 Å². The number of hydrogen-bond donors (Lipinski definition) is 2. The number of sulfone groups is 1. The van der Waals surface area contributed by atoms with Gasteiger partial charge in [0, 0.05) is 0 Å². The Hall–Kier alpha value is -0.910. The summed E-state index contributed by atoms with van der Waals surface area (Å²) < 4.78 is 25.0. The van der Waals surface area contributed by atoms with Crippen molar-refractivity contribution in [3.63, 3.8) is 0 Å². The molecule has 0 aromatic heterocycles. The summed E-state index contributed by atoms with van der Waals surface area (Å²) in [5.74, 6) is 0.367. The van der Waals surface area contributed by atoms with Crippen LogP contribution < -0.4 is 5.73 Å². The highest BCUT2D eigenvalue weighted by atomic mass is 32.2. The fraction of sp³-hybridized carbons (Fsp3) is 0.625. The Balaban J connectivity index is 2.95. The first kappa shape index (κ1) is 18.1. The van der Waals surface area contributed by atoms with Crippen LogP contribution >= 0.6 is 0 Å². The van der Waals surface area contributed by atoms with Crippen LogP contribution in [0.4, 0.5) is 0 Å². The second-order valence-corrected chi connectivity index (χ2v) is 7.54. The van der Waals surface area contributed by atoms with Gasteiger partial charge in [0.25, 0.3) is 0 Å². The van der Waals surface area contributed by atoms with E-state index < -0.39 is 15.9 Å². The van der Waals surface area contributed by atoms with Crippen molar-refractivity contribution in [1.82, 2.24) is 0 Å². The number of nitrogens with two attached hydrogens (primary N) is 1. The van der Waals surface area contributed by atoms with E-state index in [0.717, 1.165) is 19.3 Å². The number of benzene rings is 1. The lowest BCUT2D eigenvalue weighted by Gasteiger charge is -2.15. The molecule has 0 aliphatic heterocycles. The normalized spacial score (nSPS) is 14.9. The van der Waals surface area contributed by atoms with Crippen LogP contribution in [0.2, 0.25) is 0 Å². The van der Waals surface area contributed by atoms with E-state index in [4.69, 9.17) is 5.73 Å². The molecule has 1 rings (SSSR count). The van der Waals surface area contributed by atoms with Gasteiger partial charge in [0.15, 0.2) is 9.84 Å². The minimum absolute atomic E-state index is 0.174. The monoisotopic (exact) mass is 313 g/mol. The highest BCUT2D eigenvalue weighted by Crippen LogP contribution is 2.23. The highest BCUT2D eigenvalue weighted by Gasteiger charge is 2.21. The van der Waals surface area contributed by atoms with Crippen LogP contribution in [-0.2, 0) is 9.84 Å². The maximum Gasteiger partial charge on any atom is 0.178 e. The van der Waals surface area contributed by atoms with Crippen LogP contribution in [0.25, 0.3) is 0 Å². The molecular weight excluding hydrogens is 286 g/mol. The predicted molar refractivity (Wildman–Crippen MR) is 85.8 cm³/mol. The molecule has 0 heterocycles. The lowest BCUT2D eigenvalue weighted by Crippen LogP contribution is -2.16. The first-order chi connectivity index (χ1) is 9.94. The fourth-order valence-electron chi connectivity index (χ4n) is 2.46. The topological polar surface area (TPSA) is 80.4 Å². The summed E-state index contributed by atoms with van der Waals surface area (Å²) in [6.07, 6.45) is 2.50. The number of rotatable bonds is 9. The lowest BCUT2D eigenvalue weighted by atomic mass is 10.0. The molecule has 0 saturated heterocycles. The molecule has 3 N–H and O–H groups in total. The summed E-state index contributed by atoms with van der Waals surface area (Å²) in [7, 11) is -3.31.